The number of amides is 1. The molecule has 1 aliphatic rings. The highest BCUT2D eigenvalue weighted by Crippen LogP contribution is 2.21. The Hall–Kier alpha value is -1.55. The Bertz CT molecular complexity index is 392. The lowest BCUT2D eigenvalue weighted by Gasteiger charge is -2.34. The van der Waals surface area contributed by atoms with Crippen LogP contribution in [-0.4, -0.2) is 31.6 Å². The lowest BCUT2D eigenvalue weighted by molar-refractivity contribution is 0.100. The van der Waals surface area contributed by atoms with E-state index in [0.717, 1.165) is 25.3 Å². The first-order valence-corrected chi connectivity index (χ1v) is 5.55. The van der Waals surface area contributed by atoms with Crippen LogP contribution in [0, 0.1) is 0 Å². The number of benzene rings is 1. The number of nitrogens with one attached hydrogen (secondary N) is 1. The van der Waals surface area contributed by atoms with Gasteiger partial charge in [-0.1, -0.05) is 12.1 Å². The zero-order valence-electron chi connectivity index (χ0n) is 9.44. The zero-order chi connectivity index (χ0) is 11.5. The third-order valence-corrected chi connectivity index (χ3v) is 2.88. The summed E-state index contributed by atoms with van der Waals surface area (Å²) in [6.45, 7) is 4.90. The minimum atomic E-state index is -0.359. The maximum atomic E-state index is 11.3. The van der Waals surface area contributed by atoms with E-state index in [1.807, 2.05) is 18.2 Å². The molecule has 1 saturated heterocycles. The van der Waals surface area contributed by atoms with Crippen molar-refractivity contribution in [3.63, 3.8) is 0 Å². The molecule has 4 heteroatoms. The molecule has 2 rings (SSSR count). The summed E-state index contributed by atoms with van der Waals surface area (Å²) in [5, 5.41) is 3.37. The van der Waals surface area contributed by atoms with Gasteiger partial charge >= 0.3 is 0 Å². The molecule has 1 heterocycles. The van der Waals surface area contributed by atoms with Crippen LogP contribution in [0.2, 0.25) is 0 Å². The Morgan fingerprint density at radius 2 is 2.25 bits per heavy atom. The topological polar surface area (TPSA) is 58.4 Å². The second-order valence-corrected chi connectivity index (χ2v) is 4.18. The van der Waals surface area contributed by atoms with Crippen molar-refractivity contribution in [2.75, 3.05) is 24.5 Å². The molecule has 1 amide bonds. The Labute approximate surface area is 95.4 Å². The van der Waals surface area contributed by atoms with Crippen molar-refractivity contribution < 1.29 is 4.79 Å². The van der Waals surface area contributed by atoms with Gasteiger partial charge in [-0.3, -0.25) is 4.79 Å². The first kappa shape index (κ1) is 11.0. The number of nitrogens with zero attached hydrogens (tertiary/aromatic N) is 1. The van der Waals surface area contributed by atoms with Gasteiger partial charge in [0.2, 0.25) is 0 Å². The standard InChI is InChI=1S/C12H17N3O/c1-9-8-15(7-6-14-9)11-5-3-2-4-10(11)12(13)16/h2-5,9,14H,6-8H2,1H3,(H2,13,16)/t9-/m0/s1. The van der Waals surface area contributed by atoms with Crippen molar-refractivity contribution in [1.82, 2.24) is 5.32 Å². The number of piperazine rings is 1. The highest BCUT2D eigenvalue weighted by atomic mass is 16.1. The number of primary amides is 1. The minimum absolute atomic E-state index is 0.359. The second-order valence-electron chi connectivity index (χ2n) is 4.18. The number of carbonyl (C=O) groups is 1. The number of para-hydroxylation sites is 1. The Balaban J connectivity index is 2.28. The van der Waals surface area contributed by atoms with Gasteiger partial charge in [-0.2, -0.15) is 0 Å². The van der Waals surface area contributed by atoms with Gasteiger partial charge in [-0.05, 0) is 19.1 Å². The number of hydrogen-bond acceptors (Lipinski definition) is 3. The summed E-state index contributed by atoms with van der Waals surface area (Å²) >= 11 is 0. The predicted octanol–water partition coefficient (Wildman–Crippen LogP) is 0.584. The molecular weight excluding hydrogens is 202 g/mol. The van der Waals surface area contributed by atoms with Crippen LogP contribution in [0.15, 0.2) is 24.3 Å². The van der Waals surface area contributed by atoms with E-state index < -0.39 is 0 Å². The fourth-order valence-corrected chi connectivity index (χ4v) is 2.11. The van der Waals surface area contributed by atoms with Crippen molar-refractivity contribution in [3.8, 4) is 0 Å². The molecule has 0 radical (unpaired) electrons. The van der Waals surface area contributed by atoms with Crippen LogP contribution in [0.25, 0.3) is 0 Å². The molecule has 0 bridgehead atoms. The molecule has 86 valence electrons. The van der Waals surface area contributed by atoms with E-state index in [1.54, 1.807) is 6.07 Å². The van der Waals surface area contributed by atoms with Crippen molar-refractivity contribution in [2.24, 2.45) is 5.73 Å². The van der Waals surface area contributed by atoms with Gasteiger partial charge in [0.25, 0.3) is 5.91 Å². The Morgan fingerprint density at radius 1 is 1.50 bits per heavy atom. The molecule has 1 fully saturated rings. The molecule has 16 heavy (non-hydrogen) atoms. The highest BCUT2D eigenvalue weighted by Gasteiger charge is 2.19. The van der Waals surface area contributed by atoms with E-state index in [1.165, 1.54) is 0 Å². The van der Waals surface area contributed by atoms with E-state index in [-0.39, 0.29) is 5.91 Å². The summed E-state index contributed by atoms with van der Waals surface area (Å²) < 4.78 is 0. The van der Waals surface area contributed by atoms with Crippen LogP contribution < -0.4 is 16.0 Å². The first-order valence-electron chi connectivity index (χ1n) is 5.55. The number of carbonyl (C=O) groups excluding carboxylic acids is 1. The van der Waals surface area contributed by atoms with Crippen LogP contribution in [0.5, 0.6) is 0 Å². The van der Waals surface area contributed by atoms with Crippen LogP contribution in [-0.2, 0) is 0 Å². The molecule has 0 aromatic heterocycles. The van der Waals surface area contributed by atoms with Gasteiger partial charge in [-0.15, -0.1) is 0 Å². The molecule has 0 saturated carbocycles. The molecule has 0 unspecified atom stereocenters. The lowest BCUT2D eigenvalue weighted by atomic mass is 10.1. The van der Waals surface area contributed by atoms with Crippen molar-refractivity contribution in [3.05, 3.63) is 29.8 Å². The third kappa shape index (κ3) is 2.17. The fraction of sp³-hybridized carbons (Fsp3) is 0.417. The predicted molar refractivity (Wildman–Crippen MR) is 64.6 cm³/mol. The average Bonchev–Trinajstić information content (AvgIpc) is 2.29. The summed E-state index contributed by atoms with van der Waals surface area (Å²) in [4.78, 5) is 13.5. The van der Waals surface area contributed by atoms with Gasteiger partial charge < -0.3 is 16.0 Å². The quantitative estimate of drug-likeness (QED) is 0.765. The zero-order valence-corrected chi connectivity index (χ0v) is 9.44. The first-order chi connectivity index (χ1) is 7.68. The van der Waals surface area contributed by atoms with E-state index in [4.69, 9.17) is 5.73 Å². The van der Waals surface area contributed by atoms with Crippen molar-refractivity contribution in [2.45, 2.75) is 13.0 Å². The van der Waals surface area contributed by atoms with Crippen LogP contribution in [0.3, 0.4) is 0 Å². The number of anilines is 1. The maximum Gasteiger partial charge on any atom is 0.250 e. The van der Waals surface area contributed by atoms with Gasteiger partial charge in [0.05, 0.1) is 5.56 Å². The van der Waals surface area contributed by atoms with Crippen LogP contribution in [0.4, 0.5) is 5.69 Å². The maximum absolute atomic E-state index is 11.3. The molecule has 4 nitrogen and oxygen atoms in total. The average molecular weight is 219 g/mol. The molecule has 3 N–H and O–H groups in total. The number of rotatable bonds is 2. The highest BCUT2D eigenvalue weighted by molar-refractivity contribution is 5.98. The minimum Gasteiger partial charge on any atom is -0.368 e. The van der Waals surface area contributed by atoms with E-state index in [9.17, 15) is 4.79 Å². The number of nitrogens with two attached hydrogens (primary N) is 1. The molecule has 1 atom stereocenters. The van der Waals surface area contributed by atoms with Crippen LogP contribution >= 0.6 is 0 Å². The largest absolute Gasteiger partial charge is 0.368 e. The van der Waals surface area contributed by atoms with E-state index in [2.05, 4.69) is 17.1 Å². The van der Waals surface area contributed by atoms with Gasteiger partial charge in [-0.25, -0.2) is 0 Å². The molecule has 0 aliphatic carbocycles. The Morgan fingerprint density at radius 3 is 2.94 bits per heavy atom. The smallest absolute Gasteiger partial charge is 0.250 e. The molecule has 0 spiro atoms. The Kier molecular flexibility index (Phi) is 3.10. The second kappa shape index (κ2) is 4.53. The van der Waals surface area contributed by atoms with Gasteiger partial charge in [0.15, 0.2) is 0 Å². The fourth-order valence-electron chi connectivity index (χ4n) is 2.11. The normalized spacial score (nSPS) is 20.8. The van der Waals surface area contributed by atoms with Gasteiger partial charge in [0.1, 0.15) is 0 Å². The SMILES string of the molecule is C[C@H]1CN(c2ccccc2C(N)=O)CCN1. The lowest BCUT2D eigenvalue weighted by Crippen LogP contribution is -2.49. The van der Waals surface area contributed by atoms with Crippen LogP contribution in [0.1, 0.15) is 17.3 Å². The summed E-state index contributed by atoms with van der Waals surface area (Å²) in [5.41, 5.74) is 6.93. The molecule has 1 aliphatic heterocycles. The molecular formula is C12H17N3O. The van der Waals surface area contributed by atoms with Crippen molar-refractivity contribution in [1.29, 1.82) is 0 Å². The number of hydrogen-bond donors (Lipinski definition) is 2. The summed E-state index contributed by atoms with van der Waals surface area (Å²) in [6, 6.07) is 7.96. The third-order valence-electron chi connectivity index (χ3n) is 2.88. The van der Waals surface area contributed by atoms with Crippen molar-refractivity contribution >= 4 is 11.6 Å². The summed E-state index contributed by atoms with van der Waals surface area (Å²) in [5.74, 6) is -0.359. The monoisotopic (exact) mass is 219 g/mol. The molecule has 1 aromatic carbocycles. The van der Waals surface area contributed by atoms with Gasteiger partial charge in [0, 0.05) is 31.4 Å². The molecule has 1 aromatic rings. The summed E-state index contributed by atoms with van der Waals surface area (Å²) in [6.07, 6.45) is 0. The van der Waals surface area contributed by atoms with E-state index in [0.29, 0.717) is 11.6 Å². The summed E-state index contributed by atoms with van der Waals surface area (Å²) in [7, 11) is 0. The van der Waals surface area contributed by atoms with E-state index >= 15 is 0 Å².